The Balaban J connectivity index is 1.83. The Hall–Kier alpha value is -0.660. The molecule has 0 bridgehead atoms. The Bertz CT molecular complexity index is 562. The predicted octanol–water partition coefficient (Wildman–Crippen LogP) is 1.73. The third-order valence-electron chi connectivity index (χ3n) is 3.12. The van der Waals surface area contributed by atoms with Gasteiger partial charge in [0.15, 0.2) is 5.82 Å². The highest BCUT2D eigenvalue weighted by Gasteiger charge is 2.24. The quantitative estimate of drug-likeness (QED) is 0.915. The van der Waals surface area contributed by atoms with Crippen LogP contribution in [0.25, 0.3) is 4.96 Å². The number of hydrogen-bond donors (Lipinski definition) is 1. The number of thioether (sulfide) groups is 1. The average Bonchev–Trinajstić information content (AvgIpc) is 2.88. The SMILES string of the molecule is CC(C)(C)c1nnc2sc(CC3CSCCN3)nn12. The Morgan fingerprint density at radius 3 is 2.89 bits per heavy atom. The third kappa shape index (κ3) is 2.78. The number of nitrogens with zero attached hydrogens (tertiary/aromatic N) is 4. The first-order chi connectivity index (χ1) is 9.04. The molecule has 0 aliphatic carbocycles. The second-order valence-corrected chi connectivity index (χ2v) is 8.08. The zero-order valence-electron chi connectivity index (χ0n) is 11.5. The summed E-state index contributed by atoms with van der Waals surface area (Å²) in [5.74, 6) is 3.33. The summed E-state index contributed by atoms with van der Waals surface area (Å²) in [7, 11) is 0. The predicted molar refractivity (Wildman–Crippen MR) is 80.2 cm³/mol. The van der Waals surface area contributed by atoms with Gasteiger partial charge in [-0.3, -0.25) is 0 Å². The second kappa shape index (κ2) is 5.03. The fraction of sp³-hybridized carbons (Fsp3) is 0.750. The summed E-state index contributed by atoms with van der Waals surface area (Å²) in [5.41, 5.74) is -0.0241. The topological polar surface area (TPSA) is 55.1 Å². The van der Waals surface area contributed by atoms with Crippen molar-refractivity contribution in [3.8, 4) is 0 Å². The van der Waals surface area contributed by atoms with Crippen molar-refractivity contribution in [1.82, 2.24) is 25.1 Å². The number of hydrogen-bond acceptors (Lipinski definition) is 6. The van der Waals surface area contributed by atoms with Crippen LogP contribution in [0.1, 0.15) is 31.6 Å². The van der Waals surface area contributed by atoms with Crippen LogP contribution in [0.15, 0.2) is 0 Å². The molecule has 7 heteroatoms. The molecule has 0 aromatic carbocycles. The van der Waals surface area contributed by atoms with Gasteiger partial charge in [-0.2, -0.15) is 21.4 Å². The van der Waals surface area contributed by atoms with E-state index >= 15 is 0 Å². The maximum absolute atomic E-state index is 4.69. The number of fused-ring (bicyclic) bond motifs is 1. The van der Waals surface area contributed by atoms with E-state index in [1.807, 2.05) is 16.3 Å². The van der Waals surface area contributed by atoms with E-state index < -0.39 is 0 Å². The van der Waals surface area contributed by atoms with Crippen molar-refractivity contribution < 1.29 is 0 Å². The maximum Gasteiger partial charge on any atom is 0.234 e. The van der Waals surface area contributed by atoms with Crippen molar-refractivity contribution in [1.29, 1.82) is 0 Å². The highest BCUT2D eigenvalue weighted by atomic mass is 32.2. The van der Waals surface area contributed by atoms with E-state index in [2.05, 4.69) is 36.3 Å². The zero-order valence-corrected chi connectivity index (χ0v) is 13.1. The van der Waals surface area contributed by atoms with Crippen LogP contribution in [0.5, 0.6) is 0 Å². The van der Waals surface area contributed by atoms with Crippen LogP contribution in [-0.4, -0.2) is 43.9 Å². The summed E-state index contributed by atoms with van der Waals surface area (Å²) in [6.45, 7) is 7.53. The smallest absolute Gasteiger partial charge is 0.234 e. The molecule has 0 radical (unpaired) electrons. The lowest BCUT2D eigenvalue weighted by Crippen LogP contribution is -2.38. The molecule has 0 spiro atoms. The highest BCUT2D eigenvalue weighted by molar-refractivity contribution is 7.99. The summed E-state index contributed by atoms with van der Waals surface area (Å²) >= 11 is 3.68. The molecule has 1 N–H and O–H groups in total. The van der Waals surface area contributed by atoms with E-state index in [-0.39, 0.29) is 5.41 Å². The van der Waals surface area contributed by atoms with Crippen LogP contribution in [0, 0.1) is 0 Å². The molecular weight excluding hydrogens is 278 g/mol. The first-order valence-corrected chi connectivity index (χ1v) is 8.54. The average molecular weight is 297 g/mol. The van der Waals surface area contributed by atoms with E-state index in [0.29, 0.717) is 6.04 Å². The molecule has 5 nitrogen and oxygen atoms in total. The normalized spacial score (nSPS) is 21.1. The van der Waals surface area contributed by atoms with Gasteiger partial charge in [-0.25, -0.2) is 0 Å². The van der Waals surface area contributed by atoms with Gasteiger partial charge in [0.25, 0.3) is 0 Å². The molecule has 1 atom stereocenters. The molecule has 2 aromatic rings. The summed E-state index contributed by atoms with van der Waals surface area (Å²) < 4.78 is 1.91. The Morgan fingerprint density at radius 2 is 2.21 bits per heavy atom. The Labute approximate surface area is 121 Å². The molecule has 3 heterocycles. The van der Waals surface area contributed by atoms with Gasteiger partial charge in [0, 0.05) is 35.9 Å². The standard InChI is InChI=1S/C12H19N5S2/c1-12(2,3)10-14-15-11-17(10)16-9(19-11)6-8-7-18-5-4-13-8/h8,13H,4-7H2,1-3H3. The van der Waals surface area contributed by atoms with Crippen molar-refractivity contribution in [2.45, 2.75) is 38.6 Å². The summed E-state index contributed by atoms with van der Waals surface area (Å²) in [5, 5.41) is 17.9. The Morgan fingerprint density at radius 1 is 1.37 bits per heavy atom. The van der Waals surface area contributed by atoms with Gasteiger partial charge in [0.05, 0.1) is 0 Å². The van der Waals surface area contributed by atoms with Crippen molar-refractivity contribution >= 4 is 28.1 Å². The third-order valence-corrected chi connectivity index (χ3v) is 5.17. The number of aromatic nitrogens is 4. The molecule has 3 rings (SSSR count). The van der Waals surface area contributed by atoms with Gasteiger partial charge in [0.1, 0.15) is 5.01 Å². The molecular formula is C12H19N5S2. The van der Waals surface area contributed by atoms with Gasteiger partial charge >= 0.3 is 0 Å². The first-order valence-electron chi connectivity index (χ1n) is 6.57. The molecule has 19 heavy (non-hydrogen) atoms. The minimum atomic E-state index is -0.0241. The van der Waals surface area contributed by atoms with Crippen LogP contribution in [0.2, 0.25) is 0 Å². The van der Waals surface area contributed by atoms with Gasteiger partial charge < -0.3 is 5.32 Å². The van der Waals surface area contributed by atoms with E-state index in [4.69, 9.17) is 5.10 Å². The monoisotopic (exact) mass is 297 g/mol. The van der Waals surface area contributed by atoms with Crippen LogP contribution in [0.4, 0.5) is 0 Å². The van der Waals surface area contributed by atoms with E-state index in [9.17, 15) is 0 Å². The van der Waals surface area contributed by atoms with Gasteiger partial charge in [-0.15, -0.1) is 10.2 Å². The maximum atomic E-state index is 4.69. The van der Waals surface area contributed by atoms with Gasteiger partial charge in [-0.05, 0) is 0 Å². The van der Waals surface area contributed by atoms with Crippen molar-refractivity contribution in [2.75, 3.05) is 18.1 Å². The summed E-state index contributed by atoms with van der Waals surface area (Å²) in [4.78, 5) is 0.906. The van der Waals surface area contributed by atoms with Gasteiger partial charge in [-0.1, -0.05) is 32.1 Å². The van der Waals surface area contributed by atoms with Crippen molar-refractivity contribution in [2.24, 2.45) is 0 Å². The van der Waals surface area contributed by atoms with Gasteiger partial charge in [0.2, 0.25) is 4.96 Å². The van der Waals surface area contributed by atoms with Crippen LogP contribution < -0.4 is 5.32 Å². The lowest BCUT2D eigenvalue weighted by Gasteiger charge is -2.21. The number of rotatable bonds is 2. The molecule has 1 aliphatic heterocycles. The molecule has 2 aromatic heterocycles. The lowest BCUT2D eigenvalue weighted by atomic mass is 9.96. The van der Waals surface area contributed by atoms with Crippen LogP contribution in [0.3, 0.4) is 0 Å². The summed E-state index contributed by atoms with van der Waals surface area (Å²) in [6, 6.07) is 0.542. The van der Waals surface area contributed by atoms with E-state index in [1.165, 1.54) is 11.5 Å². The molecule has 1 aliphatic rings. The molecule has 1 unspecified atom stereocenters. The van der Waals surface area contributed by atoms with Crippen molar-refractivity contribution in [3.63, 3.8) is 0 Å². The lowest BCUT2D eigenvalue weighted by molar-refractivity contribution is 0.522. The molecule has 0 amide bonds. The number of nitrogens with one attached hydrogen (secondary N) is 1. The zero-order chi connectivity index (χ0) is 13.5. The van der Waals surface area contributed by atoms with E-state index in [1.54, 1.807) is 11.3 Å². The highest BCUT2D eigenvalue weighted by Crippen LogP contribution is 2.24. The fourth-order valence-electron chi connectivity index (χ4n) is 2.17. The second-order valence-electron chi connectivity index (χ2n) is 5.89. The molecule has 1 saturated heterocycles. The first kappa shape index (κ1) is 13.3. The molecule has 0 saturated carbocycles. The minimum absolute atomic E-state index is 0.0241. The van der Waals surface area contributed by atoms with Crippen LogP contribution >= 0.6 is 23.1 Å². The Kier molecular flexibility index (Phi) is 3.53. The molecule has 1 fully saturated rings. The molecule has 104 valence electrons. The summed E-state index contributed by atoms with van der Waals surface area (Å²) in [6.07, 6.45) is 0.991. The fourth-order valence-corrected chi connectivity index (χ4v) is 4.03. The largest absolute Gasteiger partial charge is 0.312 e. The van der Waals surface area contributed by atoms with Crippen LogP contribution in [-0.2, 0) is 11.8 Å². The minimum Gasteiger partial charge on any atom is -0.312 e. The van der Waals surface area contributed by atoms with E-state index in [0.717, 1.165) is 28.8 Å². The van der Waals surface area contributed by atoms with Crippen molar-refractivity contribution in [3.05, 3.63) is 10.8 Å².